The number of thiazole rings is 1. The molecule has 0 radical (unpaired) electrons. The van der Waals surface area contributed by atoms with Crippen molar-refractivity contribution in [1.82, 2.24) is 9.88 Å². The largest absolute Gasteiger partial charge is 0.395 e. The number of piperazine rings is 1. The number of nitrogens with zero attached hydrogens (tertiary/aromatic N) is 3. The van der Waals surface area contributed by atoms with Gasteiger partial charge in [-0.3, -0.25) is 9.69 Å². The number of hydrogen-bond donors (Lipinski definition) is 2. The van der Waals surface area contributed by atoms with Gasteiger partial charge in [0.2, 0.25) is 0 Å². The fourth-order valence-corrected chi connectivity index (χ4v) is 4.90. The van der Waals surface area contributed by atoms with Gasteiger partial charge in [0.15, 0.2) is 0 Å². The molecule has 3 aromatic rings. The Morgan fingerprint density at radius 2 is 1.93 bits per heavy atom. The Kier molecular flexibility index (Phi) is 6.01. The summed E-state index contributed by atoms with van der Waals surface area (Å²) in [6, 6.07) is 11.9. The van der Waals surface area contributed by atoms with Crippen molar-refractivity contribution in [2.45, 2.75) is 0 Å². The molecule has 0 unspecified atom stereocenters. The second-order valence-electron chi connectivity index (χ2n) is 6.54. The molecule has 28 heavy (non-hydrogen) atoms. The normalized spacial score (nSPS) is 15.0. The van der Waals surface area contributed by atoms with E-state index in [1.165, 1.54) is 11.3 Å². The van der Waals surface area contributed by atoms with Gasteiger partial charge in [-0.2, -0.15) is 0 Å². The van der Waals surface area contributed by atoms with Crippen molar-refractivity contribution in [2.24, 2.45) is 0 Å². The van der Waals surface area contributed by atoms with Crippen LogP contribution >= 0.6 is 22.7 Å². The number of aliphatic hydroxyl groups is 1. The van der Waals surface area contributed by atoms with Crippen molar-refractivity contribution in [3.05, 3.63) is 52.9 Å². The summed E-state index contributed by atoms with van der Waals surface area (Å²) >= 11 is 3.11. The van der Waals surface area contributed by atoms with Crippen LogP contribution in [-0.2, 0) is 0 Å². The number of thiophene rings is 1. The number of β-amino-alcohol motifs (C(OH)–C–C–N with tert-alkyl or cyclic N) is 1. The van der Waals surface area contributed by atoms with Crippen molar-refractivity contribution in [3.8, 4) is 9.88 Å². The van der Waals surface area contributed by atoms with Crippen LogP contribution in [0.25, 0.3) is 9.88 Å². The molecule has 2 N–H and O–H groups in total. The number of nitrogens with one attached hydrogen (secondary N) is 1. The van der Waals surface area contributed by atoms with E-state index in [2.05, 4.69) is 20.1 Å². The zero-order chi connectivity index (χ0) is 19.3. The zero-order valence-corrected chi connectivity index (χ0v) is 17.0. The summed E-state index contributed by atoms with van der Waals surface area (Å²) in [5.41, 5.74) is 2.26. The van der Waals surface area contributed by atoms with Crippen LogP contribution in [0, 0.1) is 0 Å². The molecule has 8 heteroatoms. The number of carbonyl (C=O) groups is 1. The third kappa shape index (κ3) is 4.25. The molecule has 1 fully saturated rings. The molecule has 3 heterocycles. The minimum Gasteiger partial charge on any atom is -0.395 e. The molecule has 0 atom stereocenters. The van der Waals surface area contributed by atoms with Gasteiger partial charge in [-0.1, -0.05) is 18.2 Å². The fourth-order valence-electron chi connectivity index (χ4n) is 3.29. The van der Waals surface area contributed by atoms with Gasteiger partial charge >= 0.3 is 0 Å². The number of hydrogen-bond acceptors (Lipinski definition) is 7. The maximum Gasteiger partial charge on any atom is 0.275 e. The standard InChI is InChI=1S/C20H22N4O2S2/c25-12-11-23-7-9-24(10-8-23)17-5-2-1-4-15(17)21-19(26)16-14-28-20(22-16)18-6-3-13-27-18/h1-6,13-14,25H,7-12H2,(H,21,26). The molecule has 2 aromatic heterocycles. The molecule has 6 nitrogen and oxygen atoms in total. The molecule has 1 amide bonds. The van der Waals surface area contributed by atoms with Crippen LogP contribution < -0.4 is 10.2 Å². The van der Waals surface area contributed by atoms with Crippen molar-refractivity contribution >= 4 is 40.0 Å². The molecule has 1 aromatic carbocycles. The van der Waals surface area contributed by atoms with E-state index in [0.717, 1.165) is 47.4 Å². The number of anilines is 2. The molecule has 146 valence electrons. The Morgan fingerprint density at radius 1 is 1.11 bits per heavy atom. The molecular weight excluding hydrogens is 392 g/mol. The minimum atomic E-state index is -0.189. The molecule has 0 saturated carbocycles. The monoisotopic (exact) mass is 414 g/mol. The van der Waals surface area contributed by atoms with Crippen LogP contribution in [0.2, 0.25) is 0 Å². The highest BCUT2D eigenvalue weighted by molar-refractivity contribution is 7.20. The van der Waals surface area contributed by atoms with Gasteiger partial charge < -0.3 is 15.3 Å². The summed E-state index contributed by atoms with van der Waals surface area (Å²) in [5.74, 6) is -0.189. The van der Waals surface area contributed by atoms with Crippen molar-refractivity contribution in [1.29, 1.82) is 0 Å². The number of amides is 1. The number of benzene rings is 1. The first-order valence-electron chi connectivity index (χ1n) is 9.22. The van der Waals surface area contributed by atoms with E-state index in [9.17, 15) is 4.79 Å². The van der Waals surface area contributed by atoms with Crippen molar-refractivity contribution in [2.75, 3.05) is 49.5 Å². The molecular formula is C20H22N4O2S2. The molecule has 0 bridgehead atoms. The lowest BCUT2D eigenvalue weighted by Crippen LogP contribution is -2.47. The summed E-state index contributed by atoms with van der Waals surface area (Å²) in [7, 11) is 0. The Morgan fingerprint density at radius 3 is 2.68 bits per heavy atom. The van der Waals surface area contributed by atoms with Gasteiger partial charge in [0.05, 0.1) is 22.9 Å². The Hall–Kier alpha value is -2.26. The van der Waals surface area contributed by atoms with Crippen LogP contribution in [0.15, 0.2) is 47.2 Å². The summed E-state index contributed by atoms with van der Waals surface area (Å²) in [6.45, 7) is 4.44. The highest BCUT2D eigenvalue weighted by atomic mass is 32.1. The van der Waals surface area contributed by atoms with E-state index in [-0.39, 0.29) is 12.5 Å². The first-order chi connectivity index (χ1) is 13.7. The lowest BCUT2D eigenvalue weighted by Gasteiger charge is -2.36. The topological polar surface area (TPSA) is 68.7 Å². The lowest BCUT2D eigenvalue weighted by atomic mass is 10.2. The number of carbonyl (C=O) groups excluding carboxylic acids is 1. The molecule has 0 spiro atoms. The number of para-hydroxylation sites is 2. The van der Waals surface area contributed by atoms with E-state index < -0.39 is 0 Å². The van der Waals surface area contributed by atoms with Crippen LogP contribution in [0.3, 0.4) is 0 Å². The van der Waals surface area contributed by atoms with Gasteiger partial charge in [-0.25, -0.2) is 4.98 Å². The maximum atomic E-state index is 12.8. The second-order valence-corrected chi connectivity index (χ2v) is 8.34. The number of aliphatic hydroxyl groups excluding tert-OH is 1. The highest BCUT2D eigenvalue weighted by Crippen LogP contribution is 2.30. The molecule has 1 aliphatic rings. The average molecular weight is 415 g/mol. The lowest BCUT2D eigenvalue weighted by molar-refractivity contribution is 0.102. The summed E-state index contributed by atoms with van der Waals surface area (Å²) in [6.07, 6.45) is 0. The third-order valence-electron chi connectivity index (χ3n) is 4.75. The van der Waals surface area contributed by atoms with Crippen LogP contribution in [0.5, 0.6) is 0 Å². The summed E-state index contributed by atoms with van der Waals surface area (Å²) in [5, 5.41) is 16.8. The van der Waals surface area contributed by atoms with Crippen LogP contribution in [0.1, 0.15) is 10.5 Å². The molecule has 1 aliphatic heterocycles. The smallest absolute Gasteiger partial charge is 0.275 e. The van der Waals surface area contributed by atoms with E-state index in [1.807, 2.05) is 41.8 Å². The highest BCUT2D eigenvalue weighted by Gasteiger charge is 2.20. The van der Waals surface area contributed by atoms with E-state index >= 15 is 0 Å². The van der Waals surface area contributed by atoms with E-state index in [1.54, 1.807) is 16.7 Å². The van der Waals surface area contributed by atoms with Gasteiger partial charge in [-0.15, -0.1) is 22.7 Å². The number of rotatable bonds is 6. The van der Waals surface area contributed by atoms with E-state index in [0.29, 0.717) is 12.2 Å². The van der Waals surface area contributed by atoms with Crippen molar-refractivity contribution < 1.29 is 9.90 Å². The second kappa shape index (κ2) is 8.83. The molecule has 1 saturated heterocycles. The Labute approximate surface area is 172 Å². The fraction of sp³-hybridized carbons (Fsp3) is 0.300. The molecule has 0 aliphatic carbocycles. The first-order valence-corrected chi connectivity index (χ1v) is 11.0. The van der Waals surface area contributed by atoms with Gasteiger partial charge in [0.25, 0.3) is 5.91 Å². The Balaban J connectivity index is 1.46. The van der Waals surface area contributed by atoms with Crippen molar-refractivity contribution in [3.63, 3.8) is 0 Å². The summed E-state index contributed by atoms with van der Waals surface area (Å²) < 4.78 is 0. The predicted molar refractivity (Wildman–Crippen MR) is 116 cm³/mol. The first kappa shape index (κ1) is 19.1. The average Bonchev–Trinajstić information content (AvgIpc) is 3.41. The number of aromatic nitrogens is 1. The quantitative estimate of drug-likeness (QED) is 0.648. The van der Waals surface area contributed by atoms with Gasteiger partial charge in [0.1, 0.15) is 10.7 Å². The SMILES string of the molecule is O=C(Nc1ccccc1N1CCN(CCO)CC1)c1csc(-c2cccs2)n1. The van der Waals surface area contributed by atoms with Gasteiger partial charge in [0, 0.05) is 38.1 Å². The van der Waals surface area contributed by atoms with Crippen LogP contribution in [-0.4, -0.2) is 60.2 Å². The Bertz CT molecular complexity index is 918. The third-order valence-corrected chi connectivity index (χ3v) is 6.63. The van der Waals surface area contributed by atoms with E-state index in [4.69, 9.17) is 5.11 Å². The molecule has 4 rings (SSSR count). The maximum absolute atomic E-state index is 12.8. The predicted octanol–water partition coefficient (Wildman–Crippen LogP) is 3.24. The van der Waals surface area contributed by atoms with Crippen LogP contribution in [0.4, 0.5) is 11.4 Å². The zero-order valence-electron chi connectivity index (χ0n) is 15.4. The van der Waals surface area contributed by atoms with Gasteiger partial charge in [-0.05, 0) is 23.6 Å². The minimum absolute atomic E-state index is 0.188. The summed E-state index contributed by atoms with van der Waals surface area (Å²) in [4.78, 5) is 22.8.